The first-order valence-electron chi connectivity index (χ1n) is 11.9. The number of fused-ring (bicyclic) bond motifs is 1. The van der Waals surface area contributed by atoms with E-state index in [1.165, 1.54) is 6.33 Å². The van der Waals surface area contributed by atoms with Crippen LogP contribution in [-0.4, -0.2) is 75.0 Å². The number of aromatic nitrogens is 4. The van der Waals surface area contributed by atoms with E-state index in [-0.39, 0.29) is 5.54 Å². The molecule has 0 aliphatic carbocycles. The molecule has 3 heterocycles. The van der Waals surface area contributed by atoms with Crippen molar-refractivity contribution in [3.63, 3.8) is 0 Å². The Kier molecular flexibility index (Phi) is 6.09. The summed E-state index contributed by atoms with van der Waals surface area (Å²) in [5, 5.41) is 5.43. The van der Waals surface area contributed by atoms with Gasteiger partial charge in [0.25, 0.3) is 0 Å². The molecule has 9 nitrogen and oxygen atoms in total. The first-order valence-corrected chi connectivity index (χ1v) is 11.9. The summed E-state index contributed by atoms with van der Waals surface area (Å²) in [6.45, 7) is 6.18. The van der Waals surface area contributed by atoms with Crippen LogP contribution in [0.4, 0.5) is 4.79 Å². The monoisotopic (exact) mass is 486 g/mol. The lowest BCUT2D eigenvalue weighted by molar-refractivity contribution is 0.0436. The molecule has 1 amide bonds. The van der Waals surface area contributed by atoms with Crippen LogP contribution in [0.5, 0.6) is 11.5 Å². The summed E-state index contributed by atoms with van der Waals surface area (Å²) in [5.74, 6) is 0.760. The topological polar surface area (TPSA) is 85.6 Å². The third kappa shape index (κ3) is 4.37. The second-order valence-electron chi connectivity index (χ2n) is 9.70. The van der Waals surface area contributed by atoms with Gasteiger partial charge in [0.2, 0.25) is 0 Å². The van der Waals surface area contributed by atoms with Crippen LogP contribution < -0.4 is 9.47 Å². The van der Waals surface area contributed by atoms with Crippen molar-refractivity contribution in [2.45, 2.75) is 19.4 Å². The van der Waals surface area contributed by atoms with Crippen LogP contribution >= 0.6 is 0 Å². The summed E-state index contributed by atoms with van der Waals surface area (Å²) >= 11 is 0. The molecular formula is C27H30N6O3. The van der Waals surface area contributed by atoms with Gasteiger partial charge >= 0.3 is 6.09 Å². The zero-order chi connectivity index (χ0) is 25.4. The Bertz CT molecular complexity index is 1420. The van der Waals surface area contributed by atoms with Gasteiger partial charge in [-0.1, -0.05) is 30.3 Å². The van der Waals surface area contributed by atoms with Gasteiger partial charge in [-0.05, 0) is 27.0 Å². The number of hydrogen-bond donors (Lipinski definition) is 0. The number of ether oxygens (including phenoxy) is 2. The molecule has 1 aliphatic heterocycles. The highest BCUT2D eigenvalue weighted by Crippen LogP contribution is 2.38. The number of benzene rings is 2. The zero-order valence-corrected chi connectivity index (χ0v) is 21.2. The summed E-state index contributed by atoms with van der Waals surface area (Å²) in [5.41, 5.74) is 3.90. The third-order valence-corrected chi connectivity index (χ3v) is 6.82. The molecule has 0 radical (unpaired) electrons. The summed E-state index contributed by atoms with van der Waals surface area (Å²) in [4.78, 5) is 26.2. The average Bonchev–Trinajstić information content (AvgIpc) is 3.26. The number of hydrogen-bond acceptors (Lipinski definition) is 7. The van der Waals surface area contributed by atoms with E-state index in [0.717, 1.165) is 28.8 Å². The predicted molar refractivity (Wildman–Crippen MR) is 138 cm³/mol. The van der Waals surface area contributed by atoms with Crippen LogP contribution in [-0.2, 0) is 7.05 Å². The molecule has 2 aromatic heterocycles. The molecule has 1 fully saturated rings. The Balaban J connectivity index is 1.56. The van der Waals surface area contributed by atoms with Gasteiger partial charge in [-0.2, -0.15) is 5.10 Å². The molecule has 36 heavy (non-hydrogen) atoms. The molecule has 0 saturated carbocycles. The second kappa shape index (κ2) is 9.23. The molecule has 2 aromatic carbocycles. The van der Waals surface area contributed by atoms with Crippen LogP contribution in [0.2, 0.25) is 0 Å². The molecule has 1 saturated heterocycles. The lowest BCUT2D eigenvalue weighted by Crippen LogP contribution is -2.59. The molecule has 4 aromatic rings. The Morgan fingerprint density at radius 1 is 1.00 bits per heavy atom. The van der Waals surface area contributed by atoms with Crippen molar-refractivity contribution >= 4 is 17.0 Å². The number of rotatable bonds is 4. The molecule has 0 spiro atoms. The van der Waals surface area contributed by atoms with Gasteiger partial charge in [0.15, 0.2) is 11.5 Å². The highest BCUT2D eigenvalue weighted by molar-refractivity contribution is 5.97. The summed E-state index contributed by atoms with van der Waals surface area (Å²) in [7, 11) is 5.50. The molecule has 5 rings (SSSR count). The van der Waals surface area contributed by atoms with E-state index in [1.807, 2.05) is 43.6 Å². The molecule has 0 atom stereocenters. The standard InChI is InChI=1S/C27H30N6O3/c1-27(2)16-33(12-11-31(27)3)26(34)36-23-13-19-21(14-22(23)35-5)28-17-29-25(19)20-15-32(4)30-24(20)18-9-7-6-8-10-18/h6-10,13-15,17H,11-12,16H2,1-5H3. The van der Waals surface area contributed by atoms with Crippen molar-refractivity contribution in [1.82, 2.24) is 29.5 Å². The number of carbonyl (C=O) groups is 1. The van der Waals surface area contributed by atoms with Gasteiger partial charge in [-0.15, -0.1) is 0 Å². The fraction of sp³-hybridized carbons (Fsp3) is 0.333. The third-order valence-electron chi connectivity index (χ3n) is 6.82. The van der Waals surface area contributed by atoms with Crippen molar-refractivity contribution in [2.75, 3.05) is 33.8 Å². The van der Waals surface area contributed by atoms with Gasteiger partial charge in [0.1, 0.15) is 12.0 Å². The van der Waals surface area contributed by atoms with Gasteiger partial charge in [-0.3, -0.25) is 9.58 Å². The van der Waals surface area contributed by atoms with E-state index in [4.69, 9.17) is 9.47 Å². The van der Waals surface area contributed by atoms with Crippen LogP contribution in [0.15, 0.2) is 55.0 Å². The molecule has 9 heteroatoms. The smallest absolute Gasteiger partial charge is 0.415 e. The SMILES string of the molecule is COc1cc2ncnc(-c3cn(C)nc3-c3ccccc3)c2cc1OC(=O)N1CCN(C)C(C)(C)C1. The number of likely N-dealkylation sites (N-methyl/N-ethyl adjacent to an activating group) is 1. The van der Waals surface area contributed by atoms with Crippen molar-refractivity contribution in [1.29, 1.82) is 0 Å². The fourth-order valence-corrected chi connectivity index (χ4v) is 4.54. The number of methoxy groups -OCH3 is 1. The Hall–Kier alpha value is -3.98. The zero-order valence-electron chi connectivity index (χ0n) is 21.2. The lowest BCUT2D eigenvalue weighted by atomic mass is 10.0. The van der Waals surface area contributed by atoms with Crippen molar-refractivity contribution in [3.8, 4) is 34.0 Å². The van der Waals surface area contributed by atoms with Crippen molar-refractivity contribution < 1.29 is 14.3 Å². The van der Waals surface area contributed by atoms with Gasteiger partial charge in [0.05, 0.1) is 18.3 Å². The predicted octanol–water partition coefficient (Wildman–Crippen LogP) is 4.23. The van der Waals surface area contributed by atoms with Crippen LogP contribution in [0.3, 0.4) is 0 Å². The molecule has 0 unspecified atom stereocenters. The first-order chi connectivity index (χ1) is 17.3. The highest BCUT2D eigenvalue weighted by Gasteiger charge is 2.34. The first kappa shape index (κ1) is 23.7. The van der Waals surface area contributed by atoms with E-state index >= 15 is 0 Å². The molecular weight excluding hydrogens is 456 g/mol. The number of nitrogens with zero attached hydrogens (tertiary/aromatic N) is 6. The number of amides is 1. The average molecular weight is 487 g/mol. The van der Waals surface area contributed by atoms with E-state index in [9.17, 15) is 4.79 Å². The fourth-order valence-electron chi connectivity index (χ4n) is 4.54. The number of carbonyl (C=O) groups excluding carboxylic acids is 1. The van der Waals surface area contributed by atoms with Crippen molar-refractivity contribution in [2.24, 2.45) is 7.05 Å². The van der Waals surface area contributed by atoms with Crippen LogP contribution in [0.25, 0.3) is 33.4 Å². The Labute approximate surface area is 210 Å². The maximum absolute atomic E-state index is 13.1. The molecule has 0 bridgehead atoms. The Morgan fingerprint density at radius 3 is 2.50 bits per heavy atom. The molecule has 1 aliphatic rings. The van der Waals surface area contributed by atoms with E-state index in [0.29, 0.717) is 35.8 Å². The minimum absolute atomic E-state index is 0.139. The van der Waals surface area contributed by atoms with Crippen molar-refractivity contribution in [3.05, 3.63) is 55.0 Å². The van der Waals surface area contributed by atoms with Crippen LogP contribution in [0, 0.1) is 0 Å². The molecule has 0 N–H and O–H groups in total. The largest absolute Gasteiger partial charge is 0.493 e. The Morgan fingerprint density at radius 2 is 1.78 bits per heavy atom. The van der Waals surface area contributed by atoms with E-state index in [2.05, 4.69) is 40.9 Å². The number of aryl methyl sites for hydroxylation is 1. The van der Waals surface area contributed by atoms with Crippen LogP contribution in [0.1, 0.15) is 13.8 Å². The van der Waals surface area contributed by atoms with E-state index < -0.39 is 6.09 Å². The minimum Gasteiger partial charge on any atom is -0.493 e. The lowest BCUT2D eigenvalue weighted by Gasteiger charge is -2.44. The maximum Gasteiger partial charge on any atom is 0.415 e. The summed E-state index contributed by atoms with van der Waals surface area (Å²) in [6, 6.07) is 13.5. The number of piperazine rings is 1. The second-order valence-corrected chi connectivity index (χ2v) is 9.70. The van der Waals surface area contributed by atoms with Gasteiger partial charge in [0, 0.05) is 61.0 Å². The summed E-state index contributed by atoms with van der Waals surface area (Å²) < 4.78 is 13.2. The highest BCUT2D eigenvalue weighted by atomic mass is 16.6. The van der Waals surface area contributed by atoms with E-state index in [1.54, 1.807) is 28.8 Å². The molecule has 186 valence electrons. The summed E-state index contributed by atoms with van der Waals surface area (Å²) in [6.07, 6.45) is 3.06. The van der Waals surface area contributed by atoms with Gasteiger partial charge in [-0.25, -0.2) is 14.8 Å². The minimum atomic E-state index is -0.404. The normalized spacial score (nSPS) is 15.8. The van der Waals surface area contributed by atoms with Gasteiger partial charge < -0.3 is 14.4 Å². The quantitative estimate of drug-likeness (QED) is 0.427. The maximum atomic E-state index is 13.1.